The van der Waals surface area contributed by atoms with Crippen LogP contribution in [0.2, 0.25) is 0 Å². The Morgan fingerprint density at radius 3 is 2.52 bits per heavy atom. The van der Waals surface area contributed by atoms with E-state index in [1.54, 1.807) is 23.1 Å². The highest BCUT2D eigenvalue weighted by Crippen LogP contribution is 2.22. The number of amides is 1. The SMILES string of the molecule is Cc1cccc(N2CCN(C(=O)/C=C/c3ccccc3OC(F)F)CC2)c1. The van der Waals surface area contributed by atoms with Crippen LogP contribution in [0.25, 0.3) is 6.08 Å². The monoisotopic (exact) mass is 372 g/mol. The zero-order chi connectivity index (χ0) is 19.2. The van der Waals surface area contributed by atoms with Gasteiger partial charge in [-0.05, 0) is 36.8 Å². The van der Waals surface area contributed by atoms with Gasteiger partial charge in [0, 0.05) is 43.5 Å². The van der Waals surface area contributed by atoms with Gasteiger partial charge in [-0.25, -0.2) is 0 Å². The molecular weight excluding hydrogens is 350 g/mol. The minimum Gasteiger partial charge on any atom is -0.434 e. The summed E-state index contributed by atoms with van der Waals surface area (Å²) in [5, 5.41) is 0. The van der Waals surface area contributed by atoms with Gasteiger partial charge in [0.05, 0.1) is 0 Å². The Kier molecular flexibility index (Phi) is 6.06. The lowest BCUT2D eigenvalue weighted by atomic mass is 10.1. The molecule has 0 aromatic heterocycles. The maximum Gasteiger partial charge on any atom is 0.387 e. The second-order valence-electron chi connectivity index (χ2n) is 6.40. The van der Waals surface area contributed by atoms with Crippen LogP contribution in [0.4, 0.5) is 14.5 Å². The van der Waals surface area contributed by atoms with E-state index in [-0.39, 0.29) is 11.7 Å². The van der Waals surface area contributed by atoms with E-state index in [1.165, 1.54) is 23.8 Å². The summed E-state index contributed by atoms with van der Waals surface area (Å²) >= 11 is 0. The zero-order valence-corrected chi connectivity index (χ0v) is 15.1. The van der Waals surface area contributed by atoms with Crippen LogP contribution in [-0.4, -0.2) is 43.6 Å². The molecule has 27 heavy (non-hydrogen) atoms. The number of alkyl halides is 2. The Morgan fingerprint density at radius 1 is 1.07 bits per heavy atom. The molecule has 0 saturated carbocycles. The number of anilines is 1. The third-order valence-corrected chi connectivity index (χ3v) is 4.50. The molecule has 2 aromatic rings. The fraction of sp³-hybridized carbons (Fsp3) is 0.286. The van der Waals surface area contributed by atoms with Gasteiger partial charge < -0.3 is 14.5 Å². The van der Waals surface area contributed by atoms with E-state index in [2.05, 4.69) is 34.8 Å². The fourth-order valence-corrected chi connectivity index (χ4v) is 3.10. The maximum absolute atomic E-state index is 12.5. The molecular formula is C21H22F2N2O2. The molecule has 0 atom stereocenters. The molecule has 0 aliphatic carbocycles. The molecule has 0 unspecified atom stereocenters. The Hall–Kier alpha value is -2.89. The van der Waals surface area contributed by atoms with E-state index >= 15 is 0 Å². The normalized spacial score (nSPS) is 14.8. The van der Waals surface area contributed by atoms with Crippen molar-refractivity contribution >= 4 is 17.7 Å². The highest BCUT2D eigenvalue weighted by molar-refractivity contribution is 5.92. The number of hydrogen-bond donors (Lipinski definition) is 0. The standard InChI is InChI=1S/C21H22F2N2O2/c1-16-5-4-7-18(15-16)24-11-13-25(14-12-24)20(26)10-9-17-6-2-3-8-19(17)27-21(22)23/h2-10,15,21H,11-14H2,1H3/b10-9+. The molecule has 0 radical (unpaired) electrons. The number of aryl methyl sites for hydroxylation is 1. The summed E-state index contributed by atoms with van der Waals surface area (Å²) in [6.07, 6.45) is 2.93. The third kappa shape index (κ3) is 5.06. The topological polar surface area (TPSA) is 32.8 Å². The summed E-state index contributed by atoms with van der Waals surface area (Å²) in [5.74, 6) is -0.0773. The molecule has 0 N–H and O–H groups in total. The van der Waals surface area contributed by atoms with E-state index in [1.807, 2.05) is 6.07 Å². The minimum atomic E-state index is -2.90. The minimum absolute atomic E-state index is 0.0563. The summed E-state index contributed by atoms with van der Waals surface area (Å²) in [4.78, 5) is 16.5. The van der Waals surface area contributed by atoms with E-state index < -0.39 is 6.61 Å². The molecule has 4 nitrogen and oxygen atoms in total. The molecule has 0 bridgehead atoms. The summed E-state index contributed by atoms with van der Waals surface area (Å²) in [7, 11) is 0. The summed E-state index contributed by atoms with van der Waals surface area (Å²) in [6.45, 7) is 1.91. The largest absolute Gasteiger partial charge is 0.434 e. The predicted octanol–water partition coefficient (Wildman–Crippen LogP) is 3.96. The molecule has 2 aromatic carbocycles. The van der Waals surface area contributed by atoms with E-state index in [4.69, 9.17) is 0 Å². The predicted molar refractivity (Wildman–Crippen MR) is 102 cm³/mol. The van der Waals surface area contributed by atoms with Crippen molar-refractivity contribution in [1.29, 1.82) is 0 Å². The Morgan fingerprint density at radius 2 is 1.81 bits per heavy atom. The number of carbonyl (C=O) groups excluding carboxylic acids is 1. The van der Waals surface area contributed by atoms with Crippen LogP contribution in [-0.2, 0) is 4.79 Å². The van der Waals surface area contributed by atoms with Gasteiger partial charge in [-0.2, -0.15) is 8.78 Å². The number of hydrogen-bond acceptors (Lipinski definition) is 3. The first-order valence-electron chi connectivity index (χ1n) is 8.85. The van der Waals surface area contributed by atoms with Crippen molar-refractivity contribution in [2.45, 2.75) is 13.5 Å². The number of halogens is 2. The van der Waals surface area contributed by atoms with Crippen molar-refractivity contribution in [2.75, 3.05) is 31.1 Å². The first-order valence-corrected chi connectivity index (χ1v) is 8.85. The Bertz CT molecular complexity index is 815. The van der Waals surface area contributed by atoms with Crippen LogP contribution in [0, 0.1) is 6.92 Å². The van der Waals surface area contributed by atoms with Crippen molar-refractivity contribution in [3.63, 3.8) is 0 Å². The third-order valence-electron chi connectivity index (χ3n) is 4.50. The van der Waals surface area contributed by atoms with Crippen LogP contribution >= 0.6 is 0 Å². The number of carbonyl (C=O) groups is 1. The van der Waals surface area contributed by atoms with E-state index in [9.17, 15) is 13.6 Å². The number of rotatable bonds is 5. The van der Waals surface area contributed by atoms with Crippen LogP contribution in [0.1, 0.15) is 11.1 Å². The lowest BCUT2D eigenvalue weighted by Gasteiger charge is -2.35. The Labute approximate surface area is 157 Å². The summed E-state index contributed by atoms with van der Waals surface area (Å²) in [5.41, 5.74) is 2.82. The first-order chi connectivity index (χ1) is 13.0. The van der Waals surface area contributed by atoms with Crippen molar-refractivity contribution in [2.24, 2.45) is 0 Å². The molecule has 1 aliphatic rings. The van der Waals surface area contributed by atoms with Gasteiger partial charge >= 0.3 is 6.61 Å². The summed E-state index contributed by atoms with van der Waals surface area (Å²) < 4.78 is 29.4. The molecule has 1 amide bonds. The quantitative estimate of drug-likeness (QED) is 0.745. The summed E-state index contributed by atoms with van der Waals surface area (Å²) in [6, 6.07) is 14.7. The van der Waals surface area contributed by atoms with Gasteiger partial charge in [-0.15, -0.1) is 0 Å². The number of benzene rings is 2. The number of piperazine rings is 1. The Balaban J connectivity index is 1.59. The molecule has 142 valence electrons. The average molecular weight is 372 g/mol. The molecule has 3 rings (SSSR count). The van der Waals surface area contributed by atoms with Gasteiger partial charge in [-0.1, -0.05) is 30.3 Å². The van der Waals surface area contributed by atoms with Crippen molar-refractivity contribution in [1.82, 2.24) is 4.90 Å². The second kappa shape index (κ2) is 8.66. The molecule has 0 spiro atoms. The number of nitrogens with zero attached hydrogens (tertiary/aromatic N) is 2. The molecule has 1 aliphatic heterocycles. The number of ether oxygens (including phenoxy) is 1. The van der Waals surface area contributed by atoms with Gasteiger partial charge in [0.25, 0.3) is 0 Å². The van der Waals surface area contributed by atoms with Crippen molar-refractivity contribution < 1.29 is 18.3 Å². The van der Waals surface area contributed by atoms with Gasteiger partial charge in [0.15, 0.2) is 0 Å². The smallest absolute Gasteiger partial charge is 0.387 e. The molecule has 1 saturated heterocycles. The lowest BCUT2D eigenvalue weighted by Crippen LogP contribution is -2.48. The highest BCUT2D eigenvalue weighted by atomic mass is 19.3. The fourth-order valence-electron chi connectivity index (χ4n) is 3.10. The van der Waals surface area contributed by atoms with Crippen LogP contribution in [0.5, 0.6) is 5.75 Å². The highest BCUT2D eigenvalue weighted by Gasteiger charge is 2.20. The van der Waals surface area contributed by atoms with Crippen LogP contribution in [0.15, 0.2) is 54.6 Å². The maximum atomic E-state index is 12.5. The average Bonchev–Trinajstić information content (AvgIpc) is 2.67. The molecule has 1 heterocycles. The number of para-hydroxylation sites is 1. The van der Waals surface area contributed by atoms with Crippen molar-refractivity contribution in [3.8, 4) is 5.75 Å². The molecule has 6 heteroatoms. The van der Waals surface area contributed by atoms with Crippen molar-refractivity contribution in [3.05, 3.63) is 65.7 Å². The second-order valence-corrected chi connectivity index (χ2v) is 6.40. The van der Waals surface area contributed by atoms with E-state index in [0.29, 0.717) is 18.7 Å². The van der Waals surface area contributed by atoms with Crippen LogP contribution < -0.4 is 9.64 Å². The lowest BCUT2D eigenvalue weighted by molar-refractivity contribution is -0.126. The van der Waals surface area contributed by atoms with Crippen LogP contribution in [0.3, 0.4) is 0 Å². The van der Waals surface area contributed by atoms with Gasteiger partial charge in [0.1, 0.15) is 5.75 Å². The van der Waals surface area contributed by atoms with Gasteiger partial charge in [-0.3, -0.25) is 4.79 Å². The van der Waals surface area contributed by atoms with Gasteiger partial charge in [0.2, 0.25) is 5.91 Å². The van der Waals surface area contributed by atoms with E-state index in [0.717, 1.165) is 18.8 Å². The first kappa shape index (κ1) is 18.9. The molecule has 1 fully saturated rings. The zero-order valence-electron chi connectivity index (χ0n) is 15.1.